The van der Waals surface area contributed by atoms with E-state index in [0.717, 1.165) is 94.0 Å². The Morgan fingerprint density at radius 3 is 1.17 bits per heavy atom. The molecule has 5 aromatic rings. The molecule has 3 N–H and O–H groups in total. The molecule has 1 aliphatic carbocycles. The third-order valence-electron chi connectivity index (χ3n) is 19.6. The van der Waals surface area contributed by atoms with Crippen LogP contribution < -0.4 is 123 Å². The second-order valence-corrected chi connectivity index (χ2v) is 34.3. The second kappa shape index (κ2) is 83.2. The fourth-order valence-corrected chi connectivity index (χ4v) is 14.0. The molecule has 4 aliphatic rings. The van der Waals surface area contributed by atoms with Crippen LogP contribution in [0.4, 0.5) is 0 Å². The van der Waals surface area contributed by atoms with E-state index >= 15 is 0 Å². The van der Waals surface area contributed by atoms with Gasteiger partial charge in [-0.05, 0) is 148 Å². The number of hydrogen-bond acceptors (Lipinski definition) is 21. The van der Waals surface area contributed by atoms with Crippen LogP contribution in [0.25, 0.3) is 10.8 Å². The van der Waals surface area contributed by atoms with Crippen molar-refractivity contribution in [1.82, 2.24) is 14.7 Å². The van der Waals surface area contributed by atoms with Gasteiger partial charge < -0.3 is 53.7 Å². The Kier molecular flexibility index (Phi) is 90.8. The Balaban J connectivity index is -0.000000249. The number of benzene rings is 5. The maximum absolute atomic E-state index is 11.5. The van der Waals surface area contributed by atoms with E-state index in [-0.39, 0.29) is 158 Å². The maximum atomic E-state index is 11.5. The third kappa shape index (κ3) is 66.2. The molecule has 123 heavy (non-hydrogen) atoms. The van der Waals surface area contributed by atoms with Crippen molar-refractivity contribution in [3.63, 3.8) is 0 Å². The Morgan fingerprint density at radius 1 is 0.512 bits per heavy atom. The van der Waals surface area contributed by atoms with Gasteiger partial charge in [-0.15, -0.1) is 0 Å². The molecular weight excluding hydrogens is 1680 g/mol. The normalized spacial score (nSPS) is 15.2. The molecule has 3 heterocycles. The van der Waals surface area contributed by atoms with Gasteiger partial charge in [0.25, 0.3) is 0 Å². The topological polar surface area (TPSA) is 344 Å². The minimum absolute atomic E-state index is 0. The fourth-order valence-electron chi connectivity index (χ4n) is 12.4. The number of aliphatic hydroxyl groups is 3. The van der Waals surface area contributed by atoms with Crippen molar-refractivity contribution in [2.24, 2.45) is 0 Å². The van der Waals surface area contributed by atoms with Crippen molar-refractivity contribution in [3.05, 3.63) is 155 Å². The standard InChI is InChI=1S/C18H30O3S.C15H24O3S.C10H15NO4.C10H19NO2.C10H14O3S.C10H8.C8H15NO.C4H10.C3H8.2C2H6.CH4O3S.4Na/c1-2-3-4-5-6-7-8-9-10-11-12-17-13-15-18(16-14-17)22(19,20)21;1-2-3-4-5-6-7-8-14-9-11-15(12-10-14)13-19(16,17)18;1-10(14)6-7(8(12)9(10)13)11-2-4-15-5-3-11;1-3-9(7-8(2)12)11-6-4-5-10(11)13;1-3-8(2)9-4-6-10(7-5-9)14(11,12)13;1-2-6-10-8-4-3-7-9(10)5-1;1-3-7(2)9-6-4-5-8(9)10;1-3-4-2;1-3-2;2*1-2;1-5-4-3-2;;;;/h13-16H,2-12H2,1H3,(H,19,20,21);9-12H,2-8,13H2,1H3,(H,16,17,18);12,14H,2-6H2,1H3;8-9,12H,3-7H2,1-2H3;4-8H,3H2,1-2H3,(H,11,12,13);1-8H;7H,3-6H2,1-2H3;3-4H2,1-2H3;3H2,1-2H3;2*1-2H3;2H,1H3;;;;/q;;;;;;;;;;;;4*+1/p-4. The van der Waals surface area contributed by atoms with Crippen LogP contribution in [0.15, 0.2) is 143 Å². The zero-order valence-electron chi connectivity index (χ0n) is 79.9. The summed E-state index contributed by atoms with van der Waals surface area (Å²) in [4.78, 5) is 39.5. The first kappa shape index (κ1) is 134. The van der Waals surface area contributed by atoms with Gasteiger partial charge in [0.05, 0.1) is 50.7 Å². The Hall–Kier alpha value is -1.85. The minimum Gasteiger partial charge on any atom is -0.748 e. The molecule has 3 saturated heterocycles. The van der Waals surface area contributed by atoms with E-state index in [1.54, 1.807) is 49.6 Å². The zero-order chi connectivity index (χ0) is 90.7. The van der Waals surface area contributed by atoms with Gasteiger partial charge in [-0.1, -0.05) is 303 Å². The predicted molar refractivity (Wildman–Crippen MR) is 483 cm³/mol. The number of Topliss-reactive ketones (excluding diaryl/α,β-unsaturated/α-hetero) is 1. The number of carbonyl (C=O) groups excluding carboxylic acids is 3. The molecule has 3 aliphatic heterocycles. The van der Waals surface area contributed by atoms with Gasteiger partial charge in [0.2, 0.25) is 17.6 Å². The number of likely N-dealkylation sites (tertiary alicyclic amines) is 2. The monoisotopic (exact) mass is 1840 g/mol. The largest absolute Gasteiger partial charge is 1.00 e. The number of unbranched alkanes of at least 4 members (excludes halogenated alkanes) is 15. The quantitative estimate of drug-likeness (QED) is 0.00864. The number of nitrogens with zero attached hydrogens (tertiary/aromatic N) is 3. The molecule has 30 heteroatoms. The van der Waals surface area contributed by atoms with E-state index in [4.69, 9.17) is 9.99 Å². The number of aryl methyl sites for hydroxylation is 2. The van der Waals surface area contributed by atoms with E-state index < -0.39 is 47.5 Å². The molecule has 0 spiro atoms. The average molecular weight is 1840 g/mol. The summed E-state index contributed by atoms with van der Waals surface area (Å²) in [6, 6.07) is 37.2. The van der Waals surface area contributed by atoms with Gasteiger partial charge in [0.1, 0.15) is 25.8 Å². The number of rotatable bonds is 34. The third-order valence-corrected chi connectivity index (χ3v) is 22.1. The molecule has 0 bridgehead atoms. The van der Waals surface area contributed by atoms with Crippen molar-refractivity contribution < 1.29 is 206 Å². The van der Waals surface area contributed by atoms with Crippen LogP contribution in [0.5, 0.6) is 0 Å². The number of ether oxygens (including phenoxy) is 1. The smallest absolute Gasteiger partial charge is 0.748 e. The van der Waals surface area contributed by atoms with Gasteiger partial charge in [0, 0.05) is 75.8 Å². The van der Waals surface area contributed by atoms with E-state index in [0.29, 0.717) is 68.3 Å². The maximum Gasteiger partial charge on any atom is 1.00 e. The number of fused-ring (bicyclic) bond motifs is 1. The van der Waals surface area contributed by atoms with Gasteiger partial charge in [-0.25, -0.2) is 25.3 Å². The van der Waals surface area contributed by atoms with Crippen LogP contribution in [0.2, 0.25) is 0 Å². The van der Waals surface area contributed by atoms with Crippen molar-refractivity contribution in [2.45, 2.75) is 356 Å². The molecule has 0 aromatic heterocycles. The number of hydrogen-bond donors (Lipinski definition) is 3. The van der Waals surface area contributed by atoms with Crippen LogP contribution in [0.3, 0.4) is 0 Å². The first-order valence-electron chi connectivity index (χ1n) is 44.0. The predicted octanol–water partition coefficient (Wildman–Crippen LogP) is 8.79. The van der Waals surface area contributed by atoms with Gasteiger partial charge in [-0.2, -0.15) is 4.33 Å². The summed E-state index contributed by atoms with van der Waals surface area (Å²) in [5.74, 6) is -0.296. The van der Waals surface area contributed by atoms with Crippen LogP contribution in [0.1, 0.15) is 326 Å². The molecule has 0 saturated carbocycles. The first-order chi connectivity index (χ1) is 56.6. The second-order valence-electron chi connectivity index (χ2n) is 29.7. The van der Waals surface area contributed by atoms with E-state index in [1.807, 2.05) is 54.5 Å². The van der Waals surface area contributed by atoms with Crippen molar-refractivity contribution in [3.8, 4) is 0 Å². The Morgan fingerprint density at radius 2 is 0.878 bits per heavy atom. The molecule has 9 rings (SSSR count). The molecular formula is C93H155N3Na4O19S4. The van der Waals surface area contributed by atoms with Crippen molar-refractivity contribution in [1.29, 1.82) is 0 Å². The molecule has 22 nitrogen and oxygen atoms in total. The Labute approximate surface area is 838 Å². The molecule has 3 fully saturated rings. The summed E-state index contributed by atoms with van der Waals surface area (Å²) in [5.41, 5.74) is 3.04. The number of morpholine rings is 1. The molecule has 684 valence electrons. The zero-order valence-corrected chi connectivity index (χ0v) is 91.1. The summed E-state index contributed by atoms with van der Waals surface area (Å²) in [6.45, 7) is 39.0. The summed E-state index contributed by atoms with van der Waals surface area (Å²) in [6.07, 6.45) is 35.2. The summed E-state index contributed by atoms with van der Waals surface area (Å²) in [7, 11) is -12.8. The number of aliphatic hydroxyl groups excluding tert-OH is 2. The van der Waals surface area contributed by atoms with Crippen LogP contribution in [-0.2, 0) is 77.4 Å². The number of ketones is 1. The molecule has 5 aromatic carbocycles. The summed E-state index contributed by atoms with van der Waals surface area (Å²) >= 11 is 0.867. The Bertz CT molecular complexity index is 3680. The van der Waals surface area contributed by atoms with Crippen molar-refractivity contribution >= 4 is 70.8 Å². The van der Waals surface area contributed by atoms with E-state index in [9.17, 15) is 68.6 Å². The van der Waals surface area contributed by atoms with Gasteiger partial charge in [0.15, 0.2) is 5.76 Å². The van der Waals surface area contributed by atoms with Crippen molar-refractivity contribution in [2.75, 3.05) is 45.6 Å². The molecule has 2 amide bonds. The van der Waals surface area contributed by atoms with E-state index in [1.165, 1.54) is 163 Å². The van der Waals surface area contributed by atoms with E-state index in [2.05, 4.69) is 134 Å². The summed E-state index contributed by atoms with van der Waals surface area (Å²) < 4.78 is 105. The molecule has 5 atom stereocenters. The SMILES string of the molecule is CC.CC.CC1(O)CC(N2CCOCC2)=C(O)C1=O.CCC.CCC(C)N1CCCC1=O.CCC(C)c1ccc(S(=O)(=O)[O-])cc1.CCC(CC(C)O)N1CCCC1=O.CCCC.CCCCCCCCCCCCc1ccc(S(=O)(=O)[O-])cc1.CCCCCCCCc1ccc(CS(=O)(=O)[O-])cc1.CSOO[O-].[Na+].[Na+].[Na+].[Na+].c1ccc2ccccc2c1. The van der Waals surface area contributed by atoms with Crippen LogP contribution in [-0.4, -0.2) is 156 Å². The molecule has 5 unspecified atom stereocenters. The minimum atomic E-state index is -4.31. The first-order valence-corrected chi connectivity index (χ1v) is 49.5. The fraction of sp³-hybridized carbons (Fsp3) is 0.645. The number of amides is 2. The molecule has 0 radical (unpaired) electrons. The number of carbonyl (C=O) groups is 3. The summed E-state index contributed by atoms with van der Waals surface area (Å²) in [5, 5.41) is 42.9. The van der Waals surface area contributed by atoms with Crippen LogP contribution >= 0.6 is 12.0 Å². The van der Waals surface area contributed by atoms with Gasteiger partial charge in [-0.3, -0.25) is 19.4 Å². The van der Waals surface area contributed by atoms with Crippen LogP contribution in [0, 0.1) is 0 Å². The van der Waals surface area contributed by atoms with Gasteiger partial charge >= 0.3 is 118 Å². The average Bonchev–Trinajstić information content (AvgIpc) is 1.64.